The molecule has 1 aliphatic rings. The zero-order chi connectivity index (χ0) is 15.1. The maximum absolute atomic E-state index is 12.9. The number of hydrogen-bond acceptors (Lipinski definition) is 3. The zero-order valence-corrected chi connectivity index (χ0v) is 13.8. The Kier molecular flexibility index (Phi) is 4.54. The highest BCUT2D eigenvalue weighted by Crippen LogP contribution is 2.37. The standard InChI is InChI=1S/C13H18Cl2N2O2S/c1-8-4-3-5-9(2)17(8)20(18,19)13-11(14)6-10(16)7-12(13)15/h6-9H,3-5,16H2,1-2H3. The Morgan fingerprint density at radius 2 is 1.60 bits per heavy atom. The first-order valence-electron chi connectivity index (χ1n) is 6.53. The van der Waals surface area contributed by atoms with Crippen LogP contribution in [0.2, 0.25) is 10.0 Å². The highest BCUT2D eigenvalue weighted by Gasteiger charge is 2.38. The van der Waals surface area contributed by atoms with Crippen molar-refractivity contribution in [1.29, 1.82) is 0 Å². The van der Waals surface area contributed by atoms with Crippen LogP contribution in [0.3, 0.4) is 0 Å². The first kappa shape index (κ1) is 15.9. The first-order valence-corrected chi connectivity index (χ1v) is 8.72. The lowest BCUT2D eigenvalue weighted by molar-refractivity contribution is 0.204. The summed E-state index contributed by atoms with van der Waals surface area (Å²) in [7, 11) is -3.72. The quantitative estimate of drug-likeness (QED) is 0.840. The van der Waals surface area contributed by atoms with Gasteiger partial charge in [-0.2, -0.15) is 4.31 Å². The molecule has 20 heavy (non-hydrogen) atoms. The van der Waals surface area contributed by atoms with Crippen molar-refractivity contribution in [2.45, 2.75) is 50.1 Å². The molecule has 1 fully saturated rings. The summed E-state index contributed by atoms with van der Waals surface area (Å²) in [5.74, 6) is 0. The van der Waals surface area contributed by atoms with Gasteiger partial charge in [-0.15, -0.1) is 0 Å². The van der Waals surface area contributed by atoms with Crippen molar-refractivity contribution in [2.24, 2.45) is 0 Å². The topological polar surface area (TPSA) is 63.4 Å². The van der Waals surface area contributed by atoms with E-state index in [1.165, 1.54) is 16.4 Å². The molecule has 0 spiro atoms. The number of nitrogens with zero attached hydrogens (tertiary/aromatic N) is 1. The van der Waals surface area contributed by atoms with Gasteiger partial charge in [0.1, 0.15) is 4.90 Å². The second kappa shape index (κ2) is 5.72. The maximum Gasteiger partial charge on any atom is 0.246 e. The van der Waals surface area contributed by atoms with E-state index >= 15 is 0 Å². The fraction of sp³-hybridized carbons (Fsp3) is 0.538. The molecule has 0 amide bonds. The molecule has 0 radical (unpaired) electrons. The van der Waals surface area contributed by atoms with Crippen LogP contribution in [0.5, 0.6) is 0 Å². The van der Waals surface area contributed by atoms with E-state index in [0.29, 0.717) is 5.69 Å². The summed E-state index contributed by atoms with van der Waals surface area (Å²) >= 11 is 12.1. The van der Waals surface area contributed by atoms with Gasteiger partial charge >= 0.3 is 0 Å². The normalized spacial score (nSPS) is 24.8. The Labute approximate surface area is 129 Å². The number of anilines is 1. The number of hydrogen-bond donors (Lipinski definition) is 1. The molecule has 1 heterocycles. The van der Waals surface area contributed by atoms with Gasteiger partial charge in [-0.25, -0.2) is 8.42 Å². The zero-order valence-electron chi connectivity index (χ0n) is 11.4. The summed E-state index contributed by atoms with van der Waals surface area (Å²) in [5.41, 5.74) is 5.97. The predicted molar refractivity (Wildman–Crippen MR) is 82.7 cm³/mol. The molecular formula is C13H18Cl2N2O2S. The molecule has 0 aliphatic carbocycles. The van der Waals surface area contributed by atoms with Gasteiger partial charge in [0.25, 0.3) is 0 Å². The summed E-state index contributed by atoms with van der Waals surface area (Å²) < 4.78 is 27.3. The van der Waals surface area contributed by atoms with Crippen LogP contribution in [0.15, 0.2) is 17.0 Å². The highest BCUT2D eigenvalue weighted by atomic mass is 35.5. The van der Waals surface area contributed by atoms with Gasteiger partial charge in [0.15, 0.2) is 0 Å². The van der Waals surface area contributed by atoms with Crippen molar-refractivity contribution in [2.75, 3.05) is 5.73 Å². The van der Waals surface area contributed by atoms with E-state index in [4.69, 9.17) is 28.9 Å². The minimum Gasteiger partial charge on any atom is -0.399 e. The molecular weight excluding hydrogens is 319 g/mol. The minimum absolute atomic E-state index is 0.0457. The Morgan fingerprint density at radius 1 is 1.15 bits per heavy atom. The van der Waals surface area contributed by atoms with E-state index in [9.17, 15) is 8.42 Å². The van der Waals surface area contributed by atoms with Gasteiger partial charge in [0.05, 0.1) is 10.0 Å². The lowest BCUT2D eigenvalue weighted by Crippen LogP contribution is -2.47. The Bertz CT molecular complexity index is 586. The van der Waals surface area contributed by atoms with Gasteiger partial charge < -0.3 is 5.73 Å². The third kappa shape index (κ3) is 2.77. The Balaban J connectivity index is 2.55. The number of rotatable bonds is 2. The average Bonchev–Trinajstić information content (AvgIpc) is 2.25. The van der Waals surface area contributed by atoms with E-state index in [1.54, 1.807) is 0 Å². The third-order valence-corrected chi connectivity index (χ3v) is 6.72. The number of piperidine rings is 1. The van der Waals surface area contributed by atoms with Gasteiger partial charge in [-0.3, -0.25) is 0 Å². The van der Waals surface area contributed by atoms with Crippen molar-refractivity contribution in [1.82, 2.24) is 4.31 Å². The van der Waals surface area contributed by atoms with Crippen LogP contribution in [-0.2, 0) is 10.0 Å². The molecule has 0 bridgehead atoms. The lowest BCUT2D eigenvalue weighted by Gasteiger charge is -2.38. The SMILES string of the molecule is CC1CCCC(C)N1S(=O)(=O)c1c(Cl)cc(N)cc1Cl. The number of sulfonamides is 1. The van der Waals surface area contributed by atoms with Gasteiger partial charge in [0.2, 0.25) is 10.0 Å². The fourth-order valence-corrected chi connectivity index (χ4v) is 5.87. The van der Waals surface area contributed by atoms with Crippen molar-refractivity contribution in [3.05, 3.63) is 22.2 Å². The fourth-order valence-electron chi connectivity index (χ4n) is 2.80. The van der Waals surface area contributed by atoms with Crippen molar-refractivity contribution in [3.8, 4) is 0 Å². The number of benzene rings is 1. The molecule has 1 aliphatic heterocycles. The van der Waals surface area contributed by atoms with E-state index in [0.717, 1.165) is 19.3 Å². The minimum atomic E-state index is -3.72. The van der Waals surface area contributed by atoms with Gasteiger partial charge in [-0.05, 0) is 38.8 Å². The molecule has 2 N–H and O–H groups in total. The van der Waals surface area contributed by atoms with Crippen molar-refractivity contribution < 1.29 is 8.42 Å². The van der Waals surface area contributed by atoms with Crippen LogP contribution in [-0.4, -0.2) is 24.8 Å². The highest BCUT2D eigenvalue weighted by molar-refractivity contribution is 7.89. The monoisotopic (exact) mass is 336 g/mol. The number of nitrogens with two attached hydrogens (primary N) is 1. The molecule has 1 aromatic rings. The third-order valence-electron chi connectivity index (χ3n) is 3.67. The molecule has 1 aromatic carbocycles. The summed E-state index contributed by atoms with van der Waals surface area (Å²) in [4.78, 5) is -0.0457. The molecule has 0 saturated carbocycles. The second-order valence-corrected chi connectivity index (χ2v) is 7.87. The Morgan fingerprint density at radius 3 is 2.05 bits per heavy atom. The van der Waals surface area contributed by atoms with Crippen LogP contribution >= 0.6 is 23.2 Å². The van der Waals surface area contributed by atoms with Crippen LogP contribution in [0.4, 0.5) is 5.69 Å². The van der Waals surface area contributed by atoms with Crippen LogP contribution in [0, 0.1) is 0 Å². The summed E-state index contributed by atoms with van der Waals surface area (Å²) in [6.45, 7) is 3.82. The molecule has 4 nitrogen and oxygen atoms in total. The molecule has 2 rings (SSSR count). The van der Waals surface area contributed by atoms with Crippen LogP contribution < -0.4 is 5.73 Å². The molecule has 112 valence electrons. The summed E-state index contributed by atoms with van der Waals surface area (Å²) in [6, 6.07) is 2.71. The van der Waals surface area contributed by atoms with E-state index in [2.05, 4.69) is 0 Å². The lowest BCUT2D eigenvalue weighted by atomic mass is 10.0. The van der Waals surface area contributed by atoms with Crippen LogP contribution in [0.1, 0.15) is 33.1 Å². The largest absolute Gasteiger partial charge is 0.399 e. The van der Waals surface area contributed by atoms with E-state index in [-0.39, 0.29) is 27.0 Å². The smallest absolute Gasteiger partial charge is 0.246 e. The van der Waals surface area contributed by atoms with E-state index < -0.39 is 10.0 Å². The predicted octanol–water partition coefficient (Wildman–Crippen LogP) is 3.53. The van der Waals surface area contributed by atoms with E-state index in [1.807, 2.05) is 13.8 Å². The van der Waals surface area contributed by atoms with Crippen molar-refractivity contribution >= 4 is 38.9 Å². The first-order chi connectivity index (χ1) is 9.25. The summed E-state index contributed by atoms with van der Waals surface area (Å²) in [6.07, 6.45) is 2.71. The molecule has 1 saturated heterocycles. The van der Waals surface area contributed by atoms with Gasteiger partial charge in [0, 0.05) is 17.8 Å². The number of halogens is 2. The summed E-state index contributed by atoms with van der Waals surface area (Å²) in [5, 5.41) is 0.139. The van der Waals surface area contributed by atoms with Gasteiger partial charge in [-0.1, -0.05) is 29.6 Å². The molecule has 2 atom stereocenters. The molecule has 0 aromatic heterocycles. The average molecular weight is 337 g/mol. The second-order valence-electron chi connectivity index (χ2n) is 5.28. The van der Waals surface area contributed by atoms with Crippen molar-refractivity contribution in [3.63, 3.8) is 0 Å². The maximum atomic E-state index is 12.9. The van der Waals surface area contributed by atoms with Crippen LogP contribution in [0.25, 0.3) is 0 Å². The molecule has 7 heteroatoms. The number of nitrogen functional groups attached to an aromatic ring is 1. The molecule has 2 unspecified atom stereocenters. The Hall–Kier alpha value is -0.490.